The van der Waals surface area contributed by atoms with Crippen LogP contribution in [0.15, 0.2) is 65.5 Å². The lowest BCUT2D eigenvalue weighted by molar-refractivity contribution is -0.274. The minimum atomic E-state index is -4.80. The molecule has 0 amide bonds. The molecule has 0 bridgehead atoms. The van der Waals surface area contributed by atoms with Crippen molar-refractivity contribution in [2.45, 2.75) is 13.0 Å². The van der Waals surface area contributed by atoms with Crippen LogP contribution in [0, 0.1) is 0 Å². The molecule has 0 aliphatic rings. The molecule has 2 aromatic carbocycles. The van der Waals surface area contributed by atoms with Gasteiger partial charge in [0.15, 0.2) is 5.82 Å². The number of aromatic nitrogens is 4. The lowest BCUT2D eigenvalue weighted by Gasteiger charge is -2.10. The molecule has 0 atom stereocenters. The lowest BCUT2D eigenvalue weighted by Crippen LogP contribution is -2.17. The van der Waals surface area contributed by atoms with Crippen LogP contribution in [0.5, 0.6) is 11.5 Å². The molecule has 0 aliphatic heterocycles. The second-order valence-electron chi connectivity index (χ2n) is 5.97. The van der Waals surface area contributed by atoms with E-state index in [1.54, 1.807) is 0 Å². The topological polar surface area (TPSA) is 81.5 Å². The quantitative estimate of drug-likeness (QED) is 0.552. The Morgan fingerprint density at radius 1 is 0.966 bits per heavy atom. The summed E-state index contributed by atoms with van der Waals surface area (Å²) >= 11 is 0. The number of benzene rings is 2. The predicted octanol–water partition coefficient (Wildman–Crippen LogP) is 3.56. The van der Waals surface area contributed by atoms with Gasteiger partial charge in [-0.2, -0.15) is 9.50 Å². The number of nitrogens with one attached hydrogen (secondary N) is 1. The highest BCUT2D eigenvalue weighted by atomic mass is 19.4. The minimum Gasteiger partial charge on any atom is -0.487 e. The van der Waals surface area contributed by atoms with Crippen molar-refractivity contribution in [2.75, 3.05) is 0 Å². The van der Waals surface area contributed by atoms with Crippen LogP contribution in [0.2, 0.25) is 0 Å². The minimum absolute atomic E-state index is 0.130. The second kappa shape index (κ2) is 7.30. The van der Waals surface area contributed by atoms with Crippen LogP contribution in [0.25, 0.3) is 17.2 Å². The van der Waals surface area contributed by atoms with Gasteiger partial charge < -0.3 is 9.47 Å². The summed E-state index contributed by atoms with van der Waals surface area (Å²) < 4.78 is 47.5. The molecule has 148 valence electrons. The molecule has 0 fully saturated rings. The van der Waals surface area contributed by atoms with Crippen LogP contribution < -0.4 is 15.0 Å². The molecule has 2 heterocycles. The normalized spacial score (nSPS) is 11.6. The molecule has 0 unspecified atom stereocenters. The van der Waals surface area contributed by atoms with Gasteiger partial charge in [-0.15, -0.1) is 13.2 Å². The number of nitrogens with zero attached hydrogens (tertiary/aromatic N) is 3. The van der Waals surface area contributed by atoms with Crippen molar-refractivity contribution >= 4 is 5.78 Å². The number of fused-ring (bicyclic) bond motifs is 1. The van der Waals surface area contributed by atoms with Gasteiger partial charge in [0.1, 0.15) is 18.1 Å². The summed E-state index contributed by atoms with van der Waals surface area (Å²) in [6, 6.07) is 15.6. The summed E-state index contributed by atoms with van der Waals surface area (Å²) in [5.74, 6) is 0.369. The average Bonchev–Trinajstić information content (AvgIpc) is 3.11. The molecule has 0 spiro atoms. The van der Waals surface area contributed by atoms with E-state index in [4.69, 9.17) is 4.74 Å². The van der Waals surface area contributed by atoms with Gasteiger partial charge in [0.05, 0.1) is 5.69 Å². The molecule has 2 aromatic heterocycles. The monoisotopic (exact) mass is 402 g/mol. The van der Waals surface area contributed by atoms with E-state index in [1.807, 2.05) is 30.3 Å². The predicted molar refractivity (Wildman–Crippen MR) is 96.5 cm³/mol. The Morgan fingerprint density at radius 3 is 2.48 bits per heavy atom. The number of hydrogen-bond acceptors (Lipinski definition) is 5. The first kappa shape index (κ1) is 18.5. The van der Waals surface area contributed by atoms with Crippen molar-refractivity contribution in [3.05, 3.63) is 76.7 Å². The van der Waals surface area contributed by atoms with Crippen LogP contribution in [-0.4, -0.2) is 25.9 Å². The second-order valence-corrected chi connectivity index (χ2v) is 5.97. The standard InChI is InChI=1S/C19H13F3N4O3/c20-19(21,22)29-15-8-4-7-14(10-15)28-11-13-9-16(27)26-18(23-13)24-17(25-26)12-5-2-1-3-6-12/h1-10H,11H2,(H,23,24,25). The third-order valence-corrected chi connectivity index (χ3v) is 3.86. The van der Waals surface area contributed by atoms with Gasteiger partial charge in [0.25, 0.3) is 11.3 Å². The molecular weight excluding hydrogens is 389 g/mol. The first-order valence-electron chi connectivity index (χ1n) is 8.40. The number of alkyl halides is 3. The molecule has 1 N–H and O–H groups in total. The summed E-state index contributed by atoms with van der Waals surface area (Å²) in [6.07, 6.45) is -4.80. The van der Waals surface area contributed by atoms with E-state index in [0.717, 1.165) is 17.7 Å². The number of halogens is 3. The summed E-state index contributed by atoms with van der Waals surface area (Å²) in [5, 5.41) is 2.88. The molecule has 4 rings (SSSR count). The van der Waals surface area contributed by atoms with Gasteiger partial charge in [0, 0.05) is 17.7 Å². The summed E-state index contributed by atoms with van der Waals surface area (Å²) in [7, 11) is 0. The molecule has 29 heavy (non-hydrogen) atoms. The van der Waals surface area contributed by atoms with Crippen molar-refractivity contribution < 1.29 is 22.6 Å². The van der Waals surface area contributed by atoms with Crippen LogP contribution in [0.1, 0.15) is 5.69 Å². The Bertz CT molecular complexity index is 1200. The van der Waals surface area contributed by atoms with E-state index < -0.39 is 17.7 Å². The van der Waals surface area contributed by atoms with E-state index in [-0.39, 0.29) is 23.8 Å². The number of rotatable bonds is 5. The van der Waals surface area contributed by atoms with Gasteiger partial charge in [-0.25, -0.2) is 4.98 Å². The largest absolute Gasteiger partial charge is 0.573 e. The van der Waals surface area contributed by atoms with Gasteiger partial charge in [-0.1, -0.05) is 36.4 Å². The Morgan fingerprint density at radius 2 is 1.72 bits per heavy atom. The Balaban J connectivity index is 1.55. The third-order valence-electron chi connectivity index (χ3n) is 3.86. The first-order chi connectivity index (χ1) is 13.9. The molecular formula is C19H13F3N4O3. The van der Waals surface area contributed by atoms with Crippen LogP contribution in [0.4, 0.5) is 13.2 Å². The summed E-state index contributed by atoms with van der Waals surface area (Å²) in [4.78, 5) is 20.9. The molecule has 0 radical (unpaired) electrons. The average molecular weight is 402 g/mol. The third kappa shape index (κ3) is 4.37. The van der Waals surface area contributed by atoms with Crippen LogP contribution >= 0.6 is 0 Å². The maximum Gasteiger partial charge on any atom is 0.573 e. The Labute approximate surface area is 161 Å². The SMILES string of the molecule is O=c1cc(COc2cccc(OC(F)(F)F)c2)nc2nc(-c3ccccc3)[nH]n12. The van der Waals surface area contributed by atoms with Crippen molar-refractivity contribution in [3.63, 3.8) is 0 Å². The fraction of sp³-hybridized carbons (Fsp3) is 0.105. The Kier molecular flexibility index (Phi) is 4.67. The van der Waals surface area contributed by atoms with Crippen LogP contribution in [0.3, 0.4) is 0 Å². The van der Waals surface area contributed by atoms with Crippen LogP contribution in [-0.2, 0) is 6.61 Å². The smallest absolute Gasteiger partial charge is 0.487 e. The maximum atomic E-state index is 12.3. The number of hydrogen-bond donors (Lipinski definition) is 1. The van der Waals surface area contributed by atoms with Crippen molar-refractivity contribution in [1.29, 1.82) is 0 Å². The zero-order chi connectivity index (χ0) is 20.4. The molecule has 0 saturated carbocycles. The fourth-order valence-corrected chi connectivity index (χ4v) is 2.64. The van der Waals surface area contributed by atoms with Gasteiger partial charge in [0.2, 0.25) is 0 Å². The van der Waals surface area contributed by atoms with E-state index in [2.05, 4.69) is 19.8 Å². The van der Waals surface area contributed by atoms with E-state index in [0.29, 0.717) is 5.82 Å². The molecule has 7 nitrogen and oxygen atoms in total. The lowest BCUT2D eigenvalue weighted by atomic mass is 10.2. The van der Waals surface area contributed by atoms with Gasteiger partial charge in [-0.3, -0.25) is 9.89 Å². The summed E-state index contributed by atoms with van der Waals surface area (Å²) in [6.45, 7) is -0.130. The molecule has 0 saturated heterocycles. The number of ether oxygens (including phenoxy) is 2. The Hall–Kier alpha value is -3.82. The van der Waals surface area contributed by atoms with Crippen molar-refractivity contribution in [3.8, 4) is 22.9 Å². The highest BCUT2D eigenvalue weighted by Crippen LogP contribution is 2.26. The van der Waals surface area contributed by atoms with E-state index >= 15 is 0 Å². The highest BCUT2D eigenvalue weighted by molar-refractivity contribution is 5.56. The maximum absolute atomic E-state index is 12.3. The van der Waals surface area contributed by atoms with E-state index in [9.17, 15) is 18.0 Å². The van der Waals surface area contributed by atoms with E-state index in [1.165, 1.54) is 22.7 Å². The molecule has 4 aromatic rings. The number of H-pyrrole nitrogens is 1. The molecule has 10 heteroatoms. The van der Waals surface area contributed by atoms with Crippen molar-refractivity contribution in [1.82, 2.24) is 19.6 Å². The molecule has 0 aliphatic carbocycles. The van der Waals surface area contributed by atoms with Gasteiger partial charge >= 0.3 is 6.36 Å². The summed E-state index contributed by atoms with van der Waals surface area (Å²) in [5.41, 5.74) is 0.678. The fourth-order valence-electron chi connectivity index (χ4n) is 2.64. The van der Waals surface area contributed by atoms with Crippen molar-refractivity contribution in [2.24, 2.45) is 0 Å². The highest BCUT2D eigenvalue weighted by Gasteiger charge is 2.31. The zero-order valence-corrected chi connectivity index (χ0v) is 14.7. The number of aromatic amines is 1. The first-order valence-corrected chi connectivity index (χ1v) is 8.40. The zero-order valence-electron chi connectivity index (χ0n) is 14.7. The van der Waals surface area contributed by atoms with Gasteiger partial charge in [-0.05, 0) is 12.1 Å².